The van der Waals surface area contributed by atoms with Crippen LogP contribution >= 0.6 is 11.6 Å². The number of fused-ring (bicyclic) bond motifs is 1. The van der Waals surface area contributed by atoms with Gasteiger partial charge in [-0.3, -0.25) is 9.36 Å². The average molecular weight is 379 g/mol. The fraction of sp³-hybridized carbons (Fsp3) is 0.375. The lowest BCUT2D eigenvalue weighted by molar-refractivity contribution is 0.0822. The van der Waals surface area contributed by atoms with Gasteiger partial charge in [0.05, 0.1) is 18.2 Å². The molecule has 136 valence electrons. The third-order valence-corrected chi connectivity index (χ3v) is 4.34. The largest absolute Gasteiger partial charge is 0.420 e. The Morgan fingerprint density at radius 2 is 2.31 bits per heavy atom. The van der Waals surface area contributed by atoms with Gasteiger partial charge < -0.3 is 19.0 Å². The summed E-state index contributed by atoms with van der Waals surface area (Å²) in [5.41, 5.74) is 0.911. The first-order chi connectivity index (χ1) is 12.6. The molecule has 1 fully saturated rings. The van der Waals surface area contributed by atoms with Crippen molar-refractivity contribution in [3.05, 3.63) is 45.5 Å². The van der Waals surface area contributed by atoms with Crippen LogP contribution < -0.4 is 11.1 Å². The van der Waals surface area contributed by atoms with Crippen LogP contribution in [-0.2, 0) is 11.3 Å². The molecule has 10 heteroatoms. The van der Waals surface area contributed by atoms with E-state index < -0.39 is 11.7 Å². The number of rotatable bonds is 5. The number of oxazole rings is 1. The van der Waals surface area contributed by atoms with Crippen molar-refractivity contribution >= 4 is 28.6 Å². The molecule has 1 aliphatic heterocycles. The first kappa shape index (κ1) is 16.8. The van der Waals surface area contributed by atoms with Gasteiger partial charge >= 0.3 is 17.6 Å². The Bertz CT molecular complexity index is 1000. The molecule has 9 nitrogen and oxygen atoms in total. The van der Waals surface area contributed by atoms with Gasteiger partial charge in [-0.25, -0.2) is 4.79 Å². The van der Waals surface area contributed by atoms with E-state index in [-0.39, 0.29) is 24.4 Å². The lowest BCUT2D eigenvalue weighted by Gasteiger charge is -2.08. The number of aromatic nitrogens is 3. The van der Waals surface area contributed by atoms with Gasteiger partial charge in [0.1, 0.15) is 0 Å². The normalized spacial score (nSPS) is 17.0. The maximum absolute atomic E-state index is 12.1. The molecular weight excluding hydrogens is 364 g/mol. The summed E-state index contributed by atoms with van der Waals surface area (Å²) in [5.74, 6) is -1.04. The lowest BCUT2D eigenvalue weighted by atomic mass is 10.2. The summed E-state index contributed by atoms with van der Waals surface area (Å²) in [4.78, 5) is 28.1. The number of hydrogen-bond donors (Lipinski definition) is 1. The zero-order valence-corrected chi connectivity index (χ0v) is 14.4. The van der Waals surface area contributed by atoms with Crippen LogP contribution in [0.15, 0.2) is 31.9 Å². The molecule has 0 radical (unpaired) electrons. The number of carbonyl (C=O) groups excluding carboxylic acids is 1. The molecule has 0 bridgehead atoms. The average Bonchev–Trinajstić information content (AvgIpc) is 3.35. The van der Waals surface area contributed by atoms with Gasteiger partial charge in [0.25, 0.3) is 0 Å². The van der Waals surface area contributed by atoms with Gasteiger partial charge in [0, 0.05) is 18.2 Å². The zero-order chi connectivity index (χ0) is 18.1. The molecule has 1 aromatic carbocycles. The van der Waals surface area contributed by atoms with Gasteiger partial charge in [0.15, 0.2) is 11.4 Å². The third kappa shape index (κ3) is 3.35. The Morgan fingerprint density at radius 3 is 3.12 bits per heavy atom. The smallest absolute Gasteiger partial charge is 0.408 e. The Hall–Kier alpha value is -2.65. The first-order valence-electron chi connectivity index (χ1n) is 8.11. The third-order valence-electron chi connectivity index (χ3n) is 4.11. The van der Waals surface area contributed by atoms with Crippen molar-refractivity contribution in [1.82, 2.24) is 20.0 Å². The fourth-order valence-corrected chi connectivity index (χ4v) is 2.99. The highest BCUT2D eigenvalue weighted by Crippen LogP contribution is 2.19. The molecule has 0 aliphatic carbocycles. The maximum atomic E-state index is 12.1. The molecule has 0 saturated carbocycles. The Kier molecular flexibility index (Phi) is 4.48. The van der Waals surface area contributed by atoms with Crippen LogP contribution in [0.3, 0.4) is 0 Å². The summed E-state index contributed by atoms with van der Waals surface area (Å²) in [7, 11) is 0. The number of ether oxygens (including phenoxy) is 1. The molecule has 26 heavy (non-hydrogen) atoms. The number of halogens is 1. The lowest BCUT2D eigenvalue weighted by Crippen LogP contribution is -2.32. The molecule has 2 aromatic heterocycles. The van der Waals surface area contributed by atoms with Crippen molar-refractivity contribution in [2.45, 2.75) is 25.5 Å². The Morgan fingerprint density at radius 1 is 1.42 bits per heavy atom. The van der Waals surface area contributed by atoms with E-state index in [0.717, 1.165) is 12.8 Å². The van der Waals surface area contributed by atoms with Crippen LogP contribution in [0, 0.1) is 0 Å². The molecule has 0 unspecified atom stereocenters. The number of nitrogens with one attached hydrogen (secondary N) is 1. The number of amides is 1. The van der Waals surface area contributed by atoms with E-state index in [2.05, 4.69) is 15.5 Å². The van der Waals surface area contributed by atoms with E-state index in [9.17, 15) is 9.59 Å². The van der Waals surface area contributed by atoms with E-state index in [1.165, 1.54) is 4.57 Å². The van der Waals surface area contributed by atoms with Crippen molar-refractivity contribution in [1.29, 1.82) is 0 Å². The highest BCUT2D eigenvalue weighted by Gasteiger charge is 2.20. The topological polar surface area (TPSA) is 112 Å². The number of carbonyl (C=O) groups is 1. The van der Waals surface area contributed by atoms with E-state index in [0.29, 0.717) is 29.3 Å². The van der Waals surface area contributed by atoms with Gasteiger partial charge in [0.2, 0.25) is 0 Å². The van der Waals surface area contributed by atoms with Crippen LogP contribution in [0.25, 0.3) is 11.1 Å². The number of nitrogens with zero attached hydrogens (tertiary/aromatic N) is 3. The summed E-state index contributed by atoms with van der Waals surface area (Å²) in [6, 6.07) is 4.84. The van der Waals surface area contributed by atoms with Crippen LogP contribution in [0.5, 0.6) is 0 Å². The number of hydrogen-bond acceptors (Lipinski definition) is 7. The number of benzene rings is 1. The molecular formula is C16H15ClN4O5. The summed E-state index contributed by atoms with van der Waals surface area (Å²) in [5, 5.41) is 6.91. The Balaban J connectivity index is 1.48. The van der Waals surface area contributed by atoms with Gasteiger partial charge in [-0.15, -0.1) is 0 Å². The van der Waals surface area contributed by atoms with E-state index >= 15 is 0 Å². The van der Waals surface area contributed by atoms with E-state index in [1.54, 1.807) is 18.2 Å². The van der Waals surface area contributed by atoms with Crippen LogP contribution in [-0.4, -0.2) is 39.9 Å². The van der Waals surface area contributed by atoms with Crippen LogP contribution in [0.2, 0.25) is 5.02 Å². The SMILES string of the molecule is O=C(NC[C@@H]1CCCO1)c1nc(Cn2c(=O)oc3ccc(Cl)cc32)no1. The predicted octanol–water partition coefficient (Wildman–Crippen LogP) is 1.59. The zero-order valence-electron chi connectivity index (χ0n) is 13.6. The summed E-state index contributed by atoms with van der Waals surface area (Å²) >= 11 is 5.97. The fourth-order valence-electron chi connectivity index (χ4n) is 2.82. The summed E-state index contributed by atoms with van der Waals surface area (Å²) < 4.78 is 16.9. The van der Waals surface area contributed by atoms with E-state index in [4.69, 9.17) is 25.3 Å². The van der Waals surface area contributed by atoms with Gasteiger partial charge in [-0.2, -0.15) is 4.98 Å². The molecule has 3 heterocycles. The molecule has 1 atom stereocenters. The molecule has 1 saturated heterocycles. The quantitative estimate of drug-likeness (QED) is 0.717. The predicted molar refractivity (Wildman–Crippen MR) is 90.2 cm³/mol. The van der Waals surface area contributed by atoms with Gasteiger partial charge in [-0.1, -0.05) is 16.8 Å². The standard InChI is InChI=1S/C16H15ClN4O5/c17-9-3-4-12-11(6-9)21(16(23)25-12)8-13-19-15(26-20-13)14(22)18-7-10-2-1-5-24-10/h3-4,6,10H,1-2,5,7-8H2,(H,18,22)/t10-/m0/s1. The molecule has 3 aromatic rings. The van der Waals surface area contributed by atoms with Crippen LogP contribution in [0.4, 0.5) is 0 Å². The molecule has 4 rings (SSSR count). The summed E-state index contributed by atoms with van der Waals surface area (Å²) in [6.07, 6.45) is 1.92. The van der Waals surface area contributed by atoms with Crippen molar-refractivity contribution < 1.29 is 18.5 Å². The highest BCUT2D eigenvalue weighted by molar-refractivity contribution is 6.31. The molecule has 0 spiro atoms. The molecule has 1 amide bonds. The maximum Gasteiger partial charge on any atom is 0.420 e. The Labute approximate surface area is 151 Å². The van der Waals surface area contributed by atoms with Crippen molar-refractivity contribution in [3.8, 4) is 0 Å². The monoisotopic (exact) mass is 378 g/mol. The second kappa shape index (κ2) is 6.93. The minimum Gasteiger partial charge on any atom is -0.408 e. The van der Waals surface area contributed by atoms with Crippen molar-refractivity contribution in [3.63, 3.8) is 0 Å². The first-order valence-corrected chi connectivity index (χ1v) is 8.49. The second-order valence-corrected chi connectivity index (χ2v) is 6.36. The highest BCUT2D eigenvalue weighted by atomic mass is 35.5. The molecule has 1 aliphatic rings. The molecule has 1 N–H and O–H groups in total. The summed E-state index contributed by atoms with van der Waals surface area (Å²) in [6.45, 7) is 1.10. The van der Waals surface area contributed by atoms with Gasteiger partial charge in [-0.05, 0) is 31.0 Å². The van der Waals surface area contributed by atoms with Crippen LogP contribution in [0.1, 0.15) is 29.4 Å². The van der Waals surface area contributed by atoms with Crippen molar-refractivity contribution in [2.75, 3.05) is 13.2 Å². The second-order valence-electron chi connectivity index (χ2n) is 5.93. The minimum atomic E-state index is -0.573. The minimum absolute atomic E-state index is 0.00527. The van der Waals surface area contributed by atoms with Crippen molar-refractivity contribution in [2.24, 2.45) is 0 Å². The van der Waals surface area contributed by atoms with E-state index in [1.807, 2.05) is 0 Å².